The highest BCUT2D eigenvalue weighted by molar-refractivity contribution is 6.31. The number of carbonyl (C=O) groups excluding carboxylic acids is 1. The van der Waals surface area contributed by atoms with E-state index in [1.165, 1.54) is 0 Å². The second-order valence-electron chi connectivity index (χ2n) is 6.27. The van der Waals surface area contributed by atoms with Crippen LogP contribution in [0.5, 0.6) is 0 Å². The third-order valence-electron chi connectivity index (χ3n) is 3.09. The van der Waals surface area contributed by atoms with Crippen LogP contribution >= 0.6 is 11.6 Å². The number of carbonyl (C=O) groups is 1. The Balaban J connectivity index is 2.36. The molecule has 0 aliphatic carbocycles. The van der Waals surface area contributed by atoms with Gasteiger partial charge in [0.2, 0.25) is 5.91 Å². The summed E-state index contributed by atoms with van der Waals surface area (Å²) >= 11 is 6.08. The molecule has 0 aliphatic rings. The predicted octanol–water partition coefficient (Wildman–Crippen LogP) is 2.98. The van der Waals surface area contributed by atoms with Gasteiger partial charge in [-0.05, 0) is 37.6 Å². The Hall–Kier alpha value is -1.06. The molecule has 0 radical (unpaired) electrons. The lowest BCUT2D eigenvalue weighted by molar-refractivity contribution is -0.121. The van der Waals surface area contributed by atoms with E-state index in [1.807, 2.05) is 38.4 Å². The Bertz CT molecular complexity index is 444. The monoisotopic (exact) mass is 296 g/mol. The number of hydrogen-bond donors (Lipinski definition) is 1. The molecule has 0 fully saturated rings. The van der Waals surface area contributed by atoms with E-state index in [9.17, 15) is 4.79 Å². The summed E-state index contributed by atoms with van der Waals surface area (Å²) in [6.45, 7) is 5.94. The fourth-order valence-corrected chi connectivity index (χ4v) is 2.52. The highest BCUT2D eigenvalue weighted by atomic mass is 35.5. The number of nitrogens with one attached hydrogen (secondary N) is 1. The van der Waals surface area contributed by atoms with E-state index in [0.717, 1.165) is 17.1 Å². The van der Waals surface area contributed by atoms with Crippen LogP contribution in [0.2, 0.25) is 5.02 Å². The Morgan fingerprint density at radius 2 is 1.95 bits per heavy atom. The largest absolute Gasteiger partial charge is 0.356 e. The molecular formula is C16H25ClN2O. The van der Waals surface area contributed by atoms with Crippen LogP contribution in [-0.2, 0) is 11.2 Å². The summed E-state index contributed by atoms with van der Waals surface area (Å²) in [6, 6.07) is 7.66. The molecule has 0 aliphatic heterocycles. The first-order valence-electron chi connectivity index (χ1n) is 6.95. The maximum atomic E-state index is 11.9. The van der Waals surface area contributed by atoms with Gasteiger partial charge in [0.05, 0.1) is 0 Å². The van der Waals surface area contributed by atoms with Crippen molar-refractivity contribution in [1.29, 1.82) is 0 Å². The van der Waals surface area contributed by atoms with E-state index in [2.05, 4.69) is 24.1 Å². The van der Waals surface area contributed by atoms with Gasteiger partial charge in [0.1, 0.15) is 0 Å². The van der Waals surface area contributed by atoms with Crippen molar-refractivity contribution < 1.29 is 4.79 Å². The third-order valence-corrected chi connectivity index (χ3v) is 3.46. The number of amides is 1. The van der Waals surface area contributed by atoms with E-state index in [0.29, 0.717) is 19.4 Å². The Kier molecular flexibility index (Phi) is 6.50. The van der Waals surface area contributed by atoms with E-state index >= 15 is 0 Å². The zero-order chi connectivity index (χ0) is 15.2. The molecule has 4 heteroatoms. The summed E-state index contributed by atoms with van der Waals surface area (Å²) in [5, 5.41) is 3.74. The van der Waals surface area contributed by atoms with Gasteiger partial charge in [0.25, 0.3) is 0 Å². The van der Waals surface area contributed by atoms with Crippen LogP contribution in [0.3, 0.4) is 0 Å². The van der Waals surface area contributed by atoms with Gasteiger partial charge in [-0.25, -0.2) is 0 Å². The maximum absolute atomic E-state index is 11.9. The zero-order valence-corrected chi connectivity index (χ0v) is 13.6. The van der Waals surface area contributed by atoms with Crippen molar-refractivity contribution in [3.05, 3.63) is 34.9 Å². The molecule has 1 aromatic rings. The topological polar surface area (TPSA) is 32.3 Å². The molecule has 0 saturated heterocycles. The first-order valence-corrected chi connectivity index (χ1v) is 7.33. The van der Waals surface area contributed by atoms with Crippen molar-refractivity contribution >= 4 is 17.5 Å². The normalized spacial score (nSPS) is 11.7. The molecular weight excluding hydrogens is 272 g/mol. The van der Waals surface area contributed by atoms with Crippen molar-refractivity contribution in [2.45, 2.75) is 26.7 Å². The summed E-state index contributed by atoms with van der Waals surface area (Å²) < 4.78 is 0. The summed E-state index contributed by atoms with van der Waals surface area (Å²) in [5.74, 6) is 0.0803. The molecule has 0 spiro atoms. The average molecular weight is 297 g/mol. The summed E-state index contributed by atoms with van der Waals surface area (Å²) in [7, 11) is 4.09. The van der Waals surface area contributed by atoms with Gasteiger partial charge in [-0.3, -0.25) is 4.79 Å². The van der Waals surface area contributed by atoms with Crippen LogP contribution in [0, 0.1) is 5.41 Å². The molecule has 112 valence electrons. The van der Waals surface area contributed by atoms with Crippen molar-refractivity contribution in [2.75, 3.05) is 27.2 Å². The molecule has 0 aromatic heterocycles. The predicted molar refractivity (Wildman–Crippen MR) is 85.1 cm³/mol. The van der Waals surface area contributed by atoms with Gasteiger partial charge in [-0.1, -0.05) is 43.6 Å². The van der Waals surface area contributed by atoms with Gasteiger partial charge in [0, 0.05) is 24.5 Å². The average Bonchev–Trinajstić information content (AvgIpc) is 2.34. The van der Waals surface area contributed by atoms with Crippen LogP contribution in [-0.4, -0.2) is 38.0 Å². The lowest BCUT2D eigenvalue weighted by Crippen LogP contribution is -2.40. The van der Waals surface area contributed by atoms with Crippen molar-refractivity contribution in [3.63, 3.8) is 0 Å². The SMILES string of the molecule is CN(C)CC(C)(C)CNC(=O)CCc1ccccc1Cl. The number of benzene rings is 1. The minimum absolute atomic E-state index is 0.0730. The lowest BCUT2D eigenvalue weighted by atomic mass is 9.93. The van der Waals surface area contributed by atoms with Crippen molar-refractivity contribution in [3.8, 4) is 0 Å². The lowest BCUT2D eigenvalue weighted by Gasteiger charge is -2.28. The number of nitrogens with zero attached hydrogens (tertiary/aromatic N) is 1. The minimum atomic E-state index is 0.0730. The quantitative estimate of drug-likeness (QED) is 0.839. The molecule has 3 nitrogen and oxygen atoms in total. The fourth-order valence-electron chi connectivity index (χ4n) is 2.29. The number of rotatable bonds is 7. The number of aryl methyl sites for hydroxylation is 1. The van der Waals surface area contributed by atoms with Gasteiger partial charge < -0.3 is 10.2 Å². The zero-order valence-electron chi connectivity index (χ0n) is 12.9. The van der Waals surface area contributed by atoms with E-state index in [1.54, 1.807) is 0 Å². The van der Waals surface area contributed by atoms with Crippen LogP contribution in [0.4, 0.5) is 0 Å². The first kappa shape index (κ1) is 17.0. The van der Waals surface area contributed by atoms with Crippen LogP contribution in [0.1, 0.15) is 25.8 Å². The van der Waals surface area contributed by atoms with E-state index in [4.69, 9.17) is 11.6 Å². The highest BCUT2D eigenvalue weighted by Gasteiger charge is 2.19. The molecule has 0 atom stereocenters. The summed E-state index contributed by atoms with van der Waals surface area (Å²) in [6.07, 6.45) is 1.15. The second-order valence-corrected chi connectivity index (χ2v) is 6.68. The van der Waals surface area contributed by atoms with Crippen LogP contribution in [0.25, 0.3) is 0 Å². The molecule has 0 unspecified atom stereocenters. The molecule has 1 rings (SSSR count). The van der Waals surface area contributed by atoms with Gasteiger partial charge in [-0.15, -0.1) is 0 Å². The third kappa shape index (κ3) is 6.40. The fraction of sp³-hybridized carbons (Fsp3) is 0.562. The van der Waals surface area contributed by atoms with Gasteiger partial charge in [-0.2, -0.15) is 0 Å². The minimum Gasteiger partial charge on any atom is -0.356 e. The first-order chi connectivity index (χ1) is 9.30. The van der Waals surface area contributed by atoms with Crippen LogP contribution in [0.15, 0.2) is 24.3 Å². The molecule has 0 saturated carbocycles. The maximum Gasteiger partial charge on any atom is 0.220 e. The molecule has 1 amide bonds. The molecule has 1 N–H and O–H groups in total. The highest BCUT2D eigenvalue weighted by Crippen LogP contribution is 2.17. The molecule has 20 heavy (non-hydrogen) atoms. The summed E-state index contributed by atoms with van der Waals surface area (Å²) in [4.78, 5) is 14.0. The van der Waals surface area contributed by atoms with Crippen LogP contribution < -0.4 is 5.32 Å². The molecule has 1 aromatic carbocycles. The van der Waals surface area contributed by atoms with Crippen molar-refractivity contribution in [1.82, 2.24) is 10.2 Å². The molecule has 0 bridgehead atoms. The Morgan fingerprint density at radius 3 is 2.55 bits per heavy atom. The summed E-state index contributed by atoms with van der Waals surface area (Å²) in [5.41, 5.74) is 1.10. The smallest absolute Gasteiger partial charge is 0.220 e. The van der Waals surface area contributed by atoms with Crippen molar-refractivity contribution in [2.24, 2.45) is 5.41 Å². The Morgan fingerprint density at radius 1 is 1.30 bits per heavy atom. The van der Waals surface area contributed by atoms with Gasteiger partial charge in [0.15, 0.2) is 0 Å². The molecule has 0 heterocycles. The standard InChI is InChI=1S/C16H25ClN2O/c1-16(2,12-19(3)4)11-18-15(20)10-9-13-7-5-6-8-14(13)17/h5-8H,9-12H2,1-4H3,(H,18,20). The number of hydrogen-bond acceptors (Lipinski definition) is 2. The number of halogens is 1. The van der Waals surface area contributed by atoms with E-state index < -0.39 is 0 Å². The Labute approximate surface area is 127 Å². The van der Waals surface area contributed by atoms with E-state index in [-0.39, 0.29) is 11.3 Å². The van der Waals surface area contributed by atoms with Gasteiger partial charge >= 0.3 is 0 Å². The second kappa shape index (κ2) is 7.65.